The topological polar surface area (TPSA) is 66.5 Å². The summed E-state index contributed by atoms with van der Waals surface area (Å²) in [5.74, 6) is 2.10. The molecule has 3 amide bonds. The quantitative estimate of drug-likeness (QED) is 0.600. The number of hydrogen-bond donors (Lipinski definition) is 1. The van der Waals surface area contributed by atoms with Crippen LogP contribution < -0.4 is 5.32 Å². The molecule has 1 heterocycles. The summed E-state index contributed by atoms with van der Waals surface area (Å²) in [5, 5.41) is 3.21. The van der Waals surface area contributed by atoms with Crippen molar-refractivity contribution in [3.05, 3.63) is 12.2 Å². The van der Waals surface area contributed by atoms with E-state index in [1.165, 1.54) is 43.4 Å². The van der Waals surface area contributed by atoms with Crippen LogP contribution >= 0.6 is 0 Å². The molecule has 6 bridgehead atoms. The Labute approximate surface area is 166 Å². The van der Waals surface area contributed by atoms with Crippen molar-refractivity contribution >= 4 is 17.7 Å². The Morgan fingerprint density at radius 3 is 2.00 bits per heavy atom. The number of rotatable bonds is 4. The van der Waals surface area contributed by atoms with Crippen LogP contribution in [-0.4, -0.2) is 35.2 Å². The molecule has 0 aromatic rings. The number of hydrogen-bond acceptors (Lipinski definition) is 3. The summed E-state index contributed by atoms with van der Waals surface area (Å²) < 4.78 is 0. The van der Waals surface area contributed by atoms with E-state index in [0.717, 1.165) is 24.2 Å². The molecule has 7 rings (SSSR count). The van der Waals surface area contributed by atoms with Gasteiger partial charge in [0, 0.05) is 6.04 Å². The summed E-state index contributed by atoms with van der Waals surface area (Å²) in [6, 6.07) is 0.124. The number of amides is 3. The lowest BCUT2D eigenvalue weighted by Crippen LogP contribution is -2.57. The van der Waals surface area contributed by atoms with Crippen molar-refractivity contribution in [2.75, 3.05) is 6.54 Å². The fraction of sp³-hybridized carbons (Fsp3) is 0.783. The molecule has 1 N–H and O–H groups in total. The van der Waals surface area contributed by atoms with Gasteiger partial charge in [0.15, 0.2) is 0 Å². The molecule has 0 spiro atoms. The number of allylic oxidation sites excluding steroid dienone is 2. The molecular formula is C23H30N2O3. The molecule has 7 aliphatic rings. The summed E-state index contributed by atoms with van der Waals surface area (Å²) in [7, 11) is 0. The van der Waals surface area contributed by atoms with Crippen LogP contribution in [0.25, 0.3) is 0 Å². The molecule has 0 aromatic carbocycles. The molecule has 0 aromatic heterocycles. The van der Waals surface area contributed by atoms with Gasteiger partial charge in [0.05, 0.1) is 11.8 Å². The molecule has 6 fully saturated rings. The molecule has 5 saturated carbocycles. The van der Waals surface area contributed by atoms with E-state index in [2.05, 4.69) is 24.4 Å². The monoisotopic (exact) mass is 382 g/mol. The second kappa shape index (κ2) is 5.70. The van der Waals surface area contributed by atoms with Gasteiger partial charge >= 0.3 is 0 Å². The van der Waals surface area contributed by atoms with Crippen LogP contribution in [0.5, 0.6) is 0 Å². The van der Waals surface area contributed by atoms with Crippen molar-refractivity contribution in [2.45, 2.75) is 57.9 Å². The lowest BCUT2D eigenvalue weighted by Gasteiger charge is -2.59. The molecule has 5 atom stereocenters. The summed E-state index contributed by atoms with van der Waals surface area (Å²) in [6.45, 7) is 2.05. The average molecular weight is 383 g/mol. The highest BCUT2D eigenvalue weighted by Gasteiger charge is 2.59. The van der Waals surface area contributed by atoms with Crippen molar-refractivity contribution in [1.82, 2.24) is 10.2 Å². The Balaban J connectivity index is 1.13. The molecule has 5 unspecified atom stereocenters. The van der Waals surface area contributed by atoms with Gasteiger partial charge in [0.1, 0.15) is 6.54 Å². The Bertz CT molecular complexity index is 721. The highest BCUT2D eigenvalue weighted by atomic mass is 16.2. The van der Waals surface area contributed by atoms with E-state index in [0.29, 0.717) is 0 Å². The molecule has 6 aliphatic carbocycles. The number of carbonyl (C=O) groups is 3. The molecular weight excluding hydrogens is 352 g/mol. The van der Waals surface area contributed by atoms with E-state index in [-0.39, 0.29) is 59.4 Å². The van der Waals surface area contributed by atoms with Gasteiger partial charge in [0.2, 0.25) is 17.7 Å². The van der Waals surface area contributed by atoms with Crippen LogP contribution in [-0.2, 0) is 14.4 Å². The number of imide groups is 1. The number of carbonyl (C=O) groups excluding carboxylic acids is 3. The van der Waals surface area contributed by atoms with Gasteiger partial charge in [-0.3, -0.25) is 19.3 Å². The van der Waals surface area contributed by atoms with E-state index < -0.39 is 0 Å². The fourth-order valence-electron chi connectivity index (χ4n) is 8.41. The molecule has 150 valence electrons. The summed E-state index contributed by atoms with van der Waals surface area (Å²) in [5.41, 5.74) is 0.239. The maximum Gasteiger partial charge on any atom is 0.240 e. The van der Waals surface area contributed by atoms with Crippen molar-refractivity contribution in [2.24, 2.45) is 46.8 Å². The van der Waals surface area contributed by atoms with E-state index in [4.69, 9.17) is 0 Å². The molecule has 5 nitrogen and oxygen atoms in total. The van der Waals surface area contributed by atoms with E-state index in [1.807, 2.05) is 0 Å². The molecule has 1 aliphatic heterocycles. The standard InChI is InChI=1S/C23H30N2O3/c1-12(23-8-13-4-14(9-23)6-15(5-13)10-23)24-18(26)11-25-21(27)19-16-2-3-17(7-16)20(19)22(25)28/h2-3,12-17,19-20H,4-11H2,1H3,(H,24,26). The van der Waals surface area contributed by atoms with Gasteiger partial charge in [-0.25, -0.2) is 0 Å². The third-order valence-electron chi connectivity index (χ3n) is 9.25. The minimum absolute atomic E-state index is 0.0964. The van der Waals surface area contributed by atoms with Crippen molar-refractivity contribution in [3.8, 4) is 0 Å². The number of likely N-dealkylation sites (tertiary alicyclic amines) is 1. The van der Waals surface area contributed by atoms with Gasteiger partial charge in [0.25, 0.3) is 0 Å². The van der Waals surface area contributed by atoms with E-state index in [9.17, 15) is 14.4 Å². The Morgan fingerprint density at radius 2 is 1.50 bits per heavy atom. The fourth-order valence-corrected chi connectivity index (χ4v) is 8.41. The normalized spacial score (nSPS) is 48.5. The molecule has 5 heteroatoms. The first-order valence-electron chi connectivity index (χ1n) is 11.3. The first-order valence-corrected chi connectivity index (χ1v) is 11.3. The third-order valence-corrected chi connectivity index (χ3v) is 9.25. The largest absolute Gasteiger partial charge is 0.352 e. The first-order chi connectivity index (χ1) is 13.4. The average Bonchev–Trinajstić information content (AvgIpc) is 3.30. The van der Waals surface area contributed by atoms with E-state index >= 15 is 0 Å². The van der Waals surface area contributed by atoms with Gasteiger partial charge in [-0.15, -0.1) is 0 Å². The second-order valence-corrected chi connectivity index (χ2v) is 10.8. The van der Waals surface area contributed by atoms with Crippen LogP contribution in [0.1, 0.15) is 51.9 Å². The smallest absolute Gasteiger partial charge is 0.240 e. The molecule has 28 heavy (non-hydrogen) atoms. The Hall–Kier alpha value is -1.65. The Morgan fingerprint density at radius 1 is 1.00 bits per heavy atom. The van der Waals surface area contributed by atoms with Gasteiger partial charge < -0.3 is 5.32 Å². The van der Waals surface area contributed by atoms with Crippen molar-refractivity contribution < 1.29 is 14.4 Å². The van der Waals surface area contributed by atoms with Crippen LogP contribution in [0.3, 0.4) is 0 Å². The number of nitrogens with zero attached hydrogens (tertiary/aromatic N) is 1. The maximum atomic E-state index is 12.8. The Kier molecular flexibility index (Phi) is 3.51. The lowest BCUT2D eigenvalue weighted by atomic mass is 9.48. The van der Waals surface area contributed by atoms with Gasteiger partial charge in [-0.05, 0) is 86.9 Å². The van der Waals surface area contributed by atoms with E-state index in [1.54, 1.807) is 0 Å². The third kappa shape index (κ3) is 2.28. The van der Waals surface area contributed by atoms with Crippen LogP contribution in [0, 0.1) is 46.8 Å². The predicted molar refractivity (Wildman–Crippen MR) is 103 cm³/mol. The zero-order valence-corrected chi connectivity index (χ0v) is 16.6. The summed E-state index contributed by atoms with van der Waals surface area (Å²) in [6.07, 6.45) is 13.0. The van der Waals surface area contributed by atoms with Crippen LogP contribution in [0.15, 0.2) is 12.2 Å². The minimum atomic E-state index is -0.212. The lowest BCUT2D eigenvalue weighted by molar-refractivity contribution is -0.145. The van der Waals surface area contributed by atoms with Crippen molar-refractivity contribution in [3.63, 3.8) is 0 Å². The maximum absolute atomic E-state index is 12.8. The SMILES string of the molecule is CC(NC(=O)CN1C(=O)C2C3C=CC(C3)C2C1=O)C12CC3CC(CC(C3)C1)C2. The van der Waals surface area contributed by atoms with Crippen LogP contribution in [0.2, 0.25) is 0 Å². The highest BCUT2D eigenvalue weighted by Crippen LogP contribution is 2.61. The minimum Gasteiger partial charge on any atom is -0.352 e. The summed E-state index contributed by atoms with van der Waals surface area (Å²) in [4.78, 5) is 39.7. The predicted octanol–water partition coefficient (Wildman–Crippen LogP) is 2.51. The first kappa shape index (κ1) is 17.2. The highest BCUT2D eigenvalue weighted by molar-refractivity contribution is 6.08. The molecule has 0 radical (unpaired) electrons. The second-order valence-electron chi connectivity index (χ2n) is 10.8. The van der Waals surface area contributed by atoms with Crippen LogP contribution in [0.4, 0.5) is 0 Å². The van der Waals surface area contributed by atoms with Gasteiger partial charge in [-0.2, -0.15) is 0 Å². The van der Waals surface area contributed by atoms with Crippen molar-refractivity contribution in [1.29, 1.82) is 0 Å². The van der Waals surface area contributed by atoms with Gasteiger partial charge in [-0.1, -0.05) is 12.2 Å². The zero-order chi connectivity index (χ0) is 19.2. The number of fused-ring (bicyclic) bond motifs is 5. The molecule has 1 saturated heterocycles. The zero-order valence-electron chi connectivity index (χ0n) is 16.6. The number of nitrogens with one attached hydrogen (secondary N) is 1. The summed E-state index contributed by atoms with van der Waals surface area (Å²) >= 11 is 0.